The minimum absolute atomic E-state index is 0.0514. The smallest absolute Gasteiger partial charge is 0.246 e. The van der Waals surface area contributed by atoms with E-state index in [1.807, 2.05) is 0 Å². The van der Waals surface area contributed by atoms with Crippen LogP contribution in [-0.2, 0) is 9.59 Å². The van der Waals surface area contributed by atoms with Gasteiger partial charge in [-0.05, 0) is 48.7 Å². The molecular weight excluding hydrogens is 427 g/mol. The van der Waals surface area contributed by atoms with Gasteiger partial charge in [-0.1, -0.05) is 29.3 Å². The number of nitrogens with zero attached hydrogens (tertiary/aromatic N) is 1. The lowest BCUT2D eigenvalue weighted by molar-refractivity contribution is -0.130. The Balaban J connectivity index is 1.29. The molecule has 30 heavy (non-hydrogen) atoms. The number of carbonyl (C=O) groups is 2. The molecule has 6 nitrogen and oxygen atoms in total. The number of amides is 2. The van der Waals surface area contributed by atoms with Crippen molar-refractivity contribution in [3.05, 3.63) is 58.1 Å². The summed E-state index contributed by atoms with van der Waals surface area (Å²) < 4.78 is 10.6. The van der Waals surface area contributed by atoms with E-state index in [9.17, 15) is 9.59 Å². The van der Waals surface area contributed by atoms with Crippen molar-refractivity contribution < 1.29 is 19.1 Å². The third-order valence-corrected chi connectivity index (χ3v) is 5.75. The standard InChI is InChI=1S/C22H20Cl2N2O4/c23-16-3-1-14(18(24)11-16)2-6-21(27)26-9-7-15(8-10-26)22(28)25-17-4-5-19-20(12-17)30-13-29-19/h1-6,11-12,15H,7-10,13H2,(H,25,28)/b6-2+. The minimum atomic E-state index is -0.144. The molecule has 2 aliphatic rings. The maximum atomic E-state index is 12.6. The number of benzene rings is 2. The van der Waals surface area contributed by atoms with E-state index < -0.39 is 0 Å². The highest BCUT2D eigenvalue weighted by molar-refractivity contribution is 6.35. The van der Waals surface area contributed by atoms with Crippen LogP contribution in [0.4, 0.5) is 5.69 Å². The average molecular weight is 447 g/mol. The number of piperidine rings is 1. The summed E-state index contributed by atoms with van der Waals surface area (Å²) in [4.78, 5) is 26.8. The molecule has 156 valence electrons. The Morgan fingerprint density at radius 1 is 1.03 bits per heavy atom. The highest BCUT2D eigenvalue weighted by atomic mass is 35.5. The molecule has 8 heteroatoms. The Morgan fingerprint density at radius 3 is 2.57 bits per heavy atom. The zero-order valence-corrected chi connectivity index (χ0v) is 17.6. The molecular formula is C22H20Cl2N2O4. The highest BCUT2D eigenvalue weighted by Gasteiger charge is 2.27. The quantitative estimate of drug-likeness (QED) is 0.696. The van der Waals surface area contributed by atoms with E-state index in [1.54, 1.807) is 47.4 Å². The molecule has 2 aromatic carbocycles. The fraction of sp³-hybridized carbons (Fsp3) is 0.273. The zero-order chi connectivity index (χ0) is 21.1. The van der Waals surface area contributed by atoms with E-state index in [0.717, 1.165) is 5.56 Å². The van der Waals surface area contributed by atoms with Crippen molar-refractivity contribution in [3.8, 4) is 11.5 Å². The van der Waals surface area contributed by atoms with E-state index in [1.165, 1.54) is 6.08 Å². The molecule has 0 saturated carbocycles. The molecule has 4 rings (SSSR count). The predicted octanol–water partition coefficient (Wildman–Crippen LogP) is 4.61. The monoisotopic (exact) mass is 446 g/mol. The van der Waals surface area contributed by atoms with Crippen LogP contribution in [0.5, 0.6) is 11.5 Å². The lowest BCUT2D eigenvalue weighted by Gasteiger charge is -2.30. The van der Waals surface area contributed by atoms with E-state index in [-0.39, 0.29) is 24.5 Å². The molecule has 0 unspecified atom stereocenters. The summed E-state index contributed by atoms with van der Waals surface area (Å²) in [7, 11) is 0. The summed E-state index contributed by atoms with van der Waals surface area (Å²) in [6.07, 6.45) is 4.40. The maximum Gasteiger partial charge on any atom is 0.246 e. The third kappa shape index (κ3) is 4.71. The number of halogens is 2. The Morgan fingerprint density at radius 2 is 1.80 bits per heavy atom. The highest BCUT2D eigenvalue weighted by Crippen LogP contribution is 2.34. The van der Waals surface area contributed by atoms with Gasteiger partial charge in [-0.25, -0.2) is 0 Å². The second-order valence-corrected chi connectivity index (χ2v) is 8.00. The Hall–Kier alpha value is -2.70. The fourth-order valence-corrected chi connectivity index (χ4v) is 3.96. The molecule has 1 N–H and O–H groups in total. The molecule has 1 saturated heterocycles. The molecule has 0 bridgehead atoms. The van der Waals surface area contributed by atoms with E-state index >= 15 is 0 Å². The largest absolute Gasteiger partial charge is 0.454 e. The number of carbonyl (C=O) groups excluding carboxylic acids is 2. The molecule has 0 aromatic heterocycles. The number of hydrogen-bond acceptors (Lipinski definition) is 4. The van der Waals surface area contributed by atoms with Crippen LogP contribution in [0, 0.1) is 5.92 Å². The van der Waals surface area contributed by atoms with Gasteiger partial charge in [0, 0.05) is 46.9 Å². The molecule has 2 heterocycles. The topological polar surface area (TPSA) is 67.9 Å². The summed E-state index contributed by atoms with van der Waals surface area (Å²) >= 11 is 12.0. The van der Waals surface area contributed by atoms with E-state index in [2.05, 4.69) is 5.32 Å². The van der Waals surface area contributed by atoms with Gasteiger partial charge >= 0.3 is 0 Å². The van der Waals surface area contributed by atoms with Crippen LogP contribution in [0.1, 0.15) is 18.4 Å². The van der Waals surface area contributed by atoms with Crippen molar-refractivity contribution >= 4 is 46.8 Å². The molecule has 2 aliphatic heterocycles. The molecule has 0 radical (unpaired) electrons. The summed E-state index contributed by atoms with van der Waals surface area (Å²) in [5.41, 5.74) is 1.40. The summed E-state index contributed by atoms with van der Waals surface area (Å²) in [5, 5.41) is 3.96. The molecule has 0 aliphatic carbocycles. The van der Waals surface area contributed by atoms with Crippen molar-refractivity contribution in [2.24, 2.45) is 5.92 Å². The van der Waals surface area contributed by atoms with Gasteiger partial charge in [-0.2, -0.15) is 0 Å². The Labute approximate surface area is 184 Å². The second-order valence-electron chi connectivity index (χ2n) is 7.16. The molecule has 0 spiro atoms. The van der Waals surface area contributed by atoms with Crippen LogP contribution in [0.3, 0.4) is 0 Å². The van der Waals surface area contributed by atoms with Crippen molar-refractivity contribution in [2.75, 3.05) is 25.2 Å². The number of fused-ring (bicyclic) bond motifs is 1. The number of nitrogens with one attached hydrogen (secondary N) is 1. The molecule has 2 amide bonds. The number of anilines is 1. The Kier molecular flexibility index (Phi) is 6.16. The minimum Gasteiger partial charge on any atom is -0.454 e. The van der Waals surface area contributed by atoms with Crippen LogP contribution in [-0.4, -0.2) is 36.6 Å². The first-order valence-electron chi connectivity index (χ1n) is 9.62. The van der Waals surface area contributed by atoms with Crippen LogP contribution in [0.15, 0.2) is 42.5 Å². The maximum absolute atomic E-state index is 12.6. The number of rotatable bonds is 4. The predicted molar refractivity (Wildman–Crippen MR) is 116 cm³/mol. The Bertz CT molecular complexity index is 1000. The van der Waals surface area contributed by atoms with Gasteiger partial charge < -0.3 is 19.7 Å². The van der Waals surface area contributed by atoms with E-state index in [4.69, 9.17) is 32.7 Å². The average Bonchev–Trinajstić information content (AvgIpc) is 3.21. The van der Waals surface area contributed by atoms with Gasteiger partial charge in [0.2, 0.25) is 18.6 Å². The van der Waals surface area contributed by atoms with Gasteiger partial charge in [-0.3, -0.25) is 9.59 Å². The second kappa shape index (κ2) is 8.98. The van der Waals surface area contributed by atoms with Gasteiger partial charge in [0.15, 0.2) is 11.5 Å². The normalized spacial score (nSPS) is 16.1. The van der Waals surface area contributed by atoms with Crippen LogP contribution in [0.2, 0.25) is 10.0 Å². The third-order valence-electron chi connectivity index (χ3n) is 5.19. The summed E-state index contributed by atoms with van der Waals surface area (Å²) in [6, 6.07) is 10.4. The lowest BCUT2D eigenvalue weighted by atomic mass is 9.95. The first-order valence-corrected chi connectivity index (χ1v) is 10.4. The van der Waals surface area contributed by atoms with Crippen LogP contribution in [0.25, 0.3) is 6.08 Å². The number of ether oxygens (including phenoxy) is 2. The van der Waals surface area contributed by atoms with Crippen molar-refractivity contribution in [1.82, 2.24) is 4.90 Å². The van der Waals surface area contributed by atoms with Crippen LogP contribution < -0.4 is 14.8 Å². The first kappa shape index (κ1) is 20.6. The molecule has 1 fully saturated rings. The van der Waals surface area contributed by atoms with Gasteiger partial charge in [0.1, 0.15) is 0 Å². The first-order chi connectivity index (χ1) is 14.5. The molecule has 2 aromatic rings. The van der Waals surface area contributed by atoms with Crippen molar-refractivity contribution in [2.45, 2.75) is 12.8 Å². The van der Waals surface area contributed by atoms with Crippen LogP contribution >= 0.6 is 23.2 Å². The fourth-order valence-electron chi connectivity index (χ4n) is 3.48. The van der Waals surface area contributed by atoms with Gasteiger partial charge in [-0.15, -0.1) is 0 Å². The van der Waals surface area contributed by atoms with E-state index in [0.29, 0.717) is 53.2 Å². The van der Waals surface area contributed by atoms with Crippen molar-refractivity contribution in [3.63, 3.8) is 0 Å². The lowest BCUT2D eigenvalue weighted by Crippen LogP contribution is -2.40. The zero-order valence-electron chi connectivity index (χ0n) is 16.1. The number of hydrogen-bond donors (Lipinski definition) is 1. The van der Waals surface area contributed by atoms with Crippen molar-refractivity contribution in [1.29, 1.82) is 0 Å². The van der Waals surface area contributed by atoms with Gasteiger partial charge in [0.25, 0.3) is 0 Å². The summed E-state index contributed by atoms with van der Waals surface area (Å²) in [5.74, 6) is 1.00. The number of likely N-dealkylation sites (tertiary alicyclic amines) is 1. The summed E-state index contributed by atoms with van der Waals surface area (Å²) in [6.45, 7) is 1.24. The SMILES string of the molecule is O=C(Nc1ccc2c(c1)OCO2)C1CCN(C(=O)/C=C/c2ccc(Cl)cc2Cl)CC1. The molecule has 0 atom stereocenters. The van der Waals surface area contributed by atoms with Gasteiger partial charge in [0.05, 0.1) is 0 Å².